The second kappa shape index (κ2) is 6.32. The van der Waals surface area contributed by atoms with Crippen molar-refractivity contribution in [3.8, 4) is 0 Å². The number of benzene rings is 1. The Morgan fingerprint density at radius 3 is 2.94 bits per heavy atom. The number of alkyl halides is 2. The minimum atomic E-state index is -1.85. The van der Waals surface area contributed by atoms with E-state index in [4.69, 9.17) is 5.41 Å². The van der Waals surface area contributed by atoms with E-state index in [-0.39, 0.29) is 5.71 Å². The van der Waals surface area contributed by atoms with Crippen LogP contribution in [0.4, 0.5) is 8.78 Å². The molecule has 3 nitrogen and oxygen atoms in total. The molecule has 0 spiro atoms. The standard InChI is InChI=1S/C10H10BrF2N3/c11-8-3-1-2-7(4-8)9(6-14)15-16-10(13)5-12/h1-4,6,10,14,16H,5H2/b14-6?,15-9+. The maximum atomic E-state index is 12.5. The van der Waals surface area contributed by atoms with Gasteiger partial charge >= 0.3 is 0 Å². The molecule has 0 aliphatic rings. The third-order valence-corrected chi connectivity index (χ3v) is 2.21. The van der Waals surface area contributed by atoms with E-state index in [1.807, 2.05) is 11.5 Å². The van der Waals surface area contributed by atoms with Crippen molar-refractivity contribution >= 4 is 27.9 Å². The quantitative estimate of drug-likeness (QED) is 0.489. The highest BCUT2D eigenvalue weighted by molar-refractivity contribution is 9.10. The van der Waals surface area contributed by atoms with Crippen LogP contribution in [0.5, 0.6) is 0 Å². The van der Waals surface area contributed by atoms with E-state index in [0.717, 1.165) is 10.7 Å². The molecule has 0 fully saturated rings. The first kappa shape index (κ1) is 12.8. The molecule has 1 rings (SSSR count). The molecule has 2 N–H and O–H groups in total. The topological polar surface area (TPSA) is 48.2 Å². The van der Waals surface area contributed by atoms with E-state index in [2.05, 4.69) is 21.0 Å². The van der Waals surface area contributed by atoms with Crippen molar-refractivity contribution in [3.05, 3.63) is 34.3 Å². The van der Waals surface area contributed by atoms with Gasteiger partial charge in [-0.2, -0.15) is 5.10 Å². The summed E-state index contributed by atoms with van der Waals surface area (Å²) in [6.07, 6.45) is -0.873. The van der Waals surface area contributed by atoms with Gasteiger partial charge in [0.2, 0.25) is 6.30 Å². The molecule has 0 saturated carbocycles. The van der Waals surface area contributed by atoms with Gasteiger partial charge in [-0.25, -0.2) is 8.78 Å². The molecular weight excluding hydrogens is 280 g/mol. The third-order valence-electron chi connectivity index (χ3n) is 1.72. The van der Waals surface area contributed by atoms with E-state index in [1.54, 1.807) is 18.2 Å². The molecule has 86 valence electrons. The van der Waals surface area contributed by atoms with Gasteiger partial charge < -0.3 is 5.41 Å². The van der Waals surface area contributed by atoms with Crippen LogP contribution in [-0.2, 0) is 0 Å². The zero-order valence-electron chi connectivity index (χ0n) is 8.25. The fourth-order valence-corrected chi connectivity index (χ4v) is 1.40. The van der Waals surface area contributed by atoms with Gasteiger partial charge in [0.25, 0.3) is 0 Å². The van der Waals surface area contributed by atoms with Crippen molar-refractivity contribution < 1.29 is 8.78 Å². The molecule has 0 heterocycles. The monoisotopic (exact) mass is 289 g/mol. The number of nitrogens with one attached hydrogen (secondary N) is 2. The molecule has 0 saturated heterocycles. The lowest BCUT2D eigenvalue weighted by molar-refractivity contribution is 0.220. The average Bonchev–Trinajstić information content (AvgIpc) is 2.29. The maximum Gasteiger partial charge on any atom is 0.213 e. The highest BCUT2D eigenvalue weighted by Crippen LogP contribution is 2.11. The first-order valence-corrected chi connectivity index (χ1v) is 5.26. The molecule has 0 radical (unpaired) electrons. The number of hydrogen-bond acceptors (Lipinski definition) is 3. The predicted molar refractivity (Wildman–Crippen MR) is 63.5 cm³/mol. The largest absolute Gasteiger partial charge is 0.306 e. The van der Waals surface area contributed by atoms with Gasteiger partial charge in [-0.1, -0.05) is 28.1 Å². The van der Waals surface area contributed by atoms with Crippen LogP contribution in [0.1, 0.15) is 5.56 Å². The van der Waals surface area contributed by atoms with Gasteiger partial charge in [0, 0.05) is 16.3 Å². The van der Waals surface area contributed by atoms with Crippen molar-refractivity contribution in [2.75, 3.05) is 6.67 Å². The van der Waals surface area contributed by atoms with Crippen LogP contribution in [0, 0.1) is 5.41 Å². The maximum absolute atomic E-state index is 12.5. The smallest absolute Gasteiger partial charge is 0.213 e. The highest BCUT2D eigenvalue weighted by Gasteiger charge is 2.04. The van der Waals surface area contributed by atoms with Gasteiger partial charge in [0.15, 0.2) is 0 Å². The van der Waals surface area contributed by atoms with Crippen LogP contribution >= 0.6 is 15.9 Å². The van der Waals surface area contributed by atoms with E-state index in [9.17, 15) is 8.78 Å². The molecule has 1 atom stereocenters. The molecule has 1 unspecified atom stereocenters. The molecule has 0 bridgehead atoms. The lowest BCUT2D eigenvalue weighted by atomic mass is 10.1. The summed E-state index contributed by atoms with van der Waals surface area (Å²) in [4.78, 5) is 0. The molecule has 0 aliphatic carbocycles. The Kier molecular flexibility index (Phi) is 5.04. The Morgan fingerprint density at radius 1 is 1.62 bits per heavy atom. The summed E-state index contributed by atoms with van der Waals surface area (Å²) < 4.78 is 25.2. The second-order valence-electron chi connectivity index (χ2n) is 2.90. The van der Waals surface area contributed by atoms with E-state index in [1.165, 1.54) is 0 Å². The Morgan fingerprint density at radius 2 is 2.38 bits per heavy atom. The summed E-state index contributed by atoms with van der Waals surface area (Å²) in [6.45, 7) is -1.16. The zero-order valence-corrected chi connectivity index (χ0v) is 9.84. The summed E-state index contributed by atoms with van der Waals surface area (Å²) in [6, 6.07) is 7.03. The van der Waals surface area contributed by atoms with Gasteiger partial charge in [-0.3, -0.25) is 5.43 Å². The lowest BCUT2D eigenvalue weighted by Crippen LogP contribution is -2.23. The minimum Gasteiger partial charge on any atom is -0.306 e. The first-order chi connectivity index (χ1) is 7.67. The molecule has 1 aromatic carbocycles. The van der Waals surface area contributed by atoms with Gasteiger partial charge in [0.05, 0.1) is 0 Å². The number of halogens is 3. The van der Waals surface area contributed by atoms with Crippen LogP contribution in [0.25, 0.3) is 0 Å². The number of hydrazone groups is 1. The molecule has 16 heavy (non-hydrogen) atoms. The Balaban J connectivity index is 2.85. The zero-order chi connectivity index (χ0) is 12.0. The van der Waals surface area contributed by atoms with Crippen molar-refractivity contribution in [1.29, 1.82) is 5.41 Å². The highest BCUT2D eigenvalue weighted by atomic mass is 79.9. The molecule has 0 aliphatic heterocycles. The summed E-state index contributed by atoms with van der Waals surface area (Å²) in [5, 5.41) is 10.8. The second-order valence-corrected chi connectivity index (χ2v) is 3.82. The van der Waals surface area contributed by atoms with Crippen LogP contribution in [0.2, 0.25) is 0 Å². The Bertz CT molecular complexity index is 395. The average molecular weight is 290 g/mol. The summed E-state index contributed by atoms with van der Waals surface area (Å²) in [7, 11) is 0. The van der Waals surface area contributed by atoms with Gasteiger partial charge in [0.1, 0.15) is 12.4 Å². The van der Waals surface area contributed by atoms with Crippen LogP contribution in [0.15, 0.2) is 33.8 Å². The number of nitrogens with zero attached hydrogens (tertiary/aromatic N) is 1. The van der Waals surface area contributed by atoms with Crippen molar-refractivity contribution in [2.24, 2.45) is 5.10 Å². The van der Waals surface area contributed by atoms with E-state index >= 15 is 0 Å². The molecule has 1 aromatic rings. The summed E-state index contributed by atoms with van der Waals surface area (Å²) >= 11 is 3.27. The Labute approximate surface area is 100 Å². The van der Waals surface area contributed by atoms with Crippen molar-refractivity contribution in [1.82, 2.24) is 5.43 Å². The van der Waals surface area contributed by atoms with E-state index in [0.29, 0.717) is 5.56 Å². The molecular formula is C10H10BrF2N3. The van der Waals surface area contributed by atoms with Crippen LogP contribution < -0.4 is 5.43 Å². The molecule has 0 amide bonds. The van der Waals surface area contributed by atoms with Crippen molar-refractivity contribution in [2.45, 2.75) is 6.30 Å². The van der Waals surface area contributed by atoms with Crippen LogP contribution in [-0.4, -0.2) is 24.9 Å². The minimum absolute atomic E-state index is 0.234. The van der Waals surface area contributed by atoms with Crippen LogP contribution in [0.3, 0.4) is 0 Å². The normalized spacial score (nSPS) is 13.3. The fourth-order valence-electron chi connectivity index (χ4n) is 1.00. The predicted octanol–water partition coefficient (Wildman–Crippen LogP) is 2.66. The summed E-state index contributed by atoms with van der Waals surface area (Å²) in [5.74, 6) is 0. The lowest BCUT2D eigenvalue weighted by Gasteiger charge is -2.05. The van der Waals surface area contributed by atoms with Gasteiger partial charge in [-0.05, 0) is 12.1 Å². The molecule has 6 heteroatoms. The SMILES string of the molecule is N=C/C(=N\NC(F)CF)c1cccc(Br)c1. The summed E-state index contributed by atoms with van der Waals surface area (Å²) in [5.41, 5.74) is 2.86. The Hall–Kier alpha value is -1.30. The van der Waals surface area contributed by atoms with E-state index < -0.39 is 13.0 Å². The third kappa shape index (κ3) is 3.69. The fraction of sp³-hybridized carbons (Fsp3) is 0.200. The number of rotatable bonds is 5. The molecule has 0 aromatic heterocycles. The van der Waals surface area contributed by atoms with Crippen molar-refractivity contribution in [3.63, 3.8) is 0 Å². The van der Waals surface area contributed by atoms with Gasteiger partial charge in [-0.15, -0.1) is 0 Å². The first-order valence-electron chi connectivity index (χ1n) is 4.47. The number of hydrogen-bond donors (Lipinski definition) is 2.